The van der Waals surface area contributed by atoms with E-state index >= 15 is 0 Å². The molecule has 2 heterocycles. The SMILES string of the molecule is CCCOc1ccc(C2c3c(-c4ccc(Cl)cc4)n[nH]c3C(=O)N2C2CCCCC2)cc1OC. The van der Waals surface area contributed by atoms with Crippen LogP contribution in [-0.2, 0) is 0 Å². The number of carbonyl (C=O) groups excluding carboxylic acids is 1. The molecule has 1 atom stereocenters. The number of nitrogens with zero attached hydrogens (tertiary/aromatic N) is 2. The molecule has 5 rings (SSSR count). The van der Waals surface area contributed by atoms with E-state index in [1.54, 1.807) is 7.11 Å². The molecule has 0 radical (unpaired) electrons. The lowest BCUT2D eigenvalue weighted by molar-refractivity contribution is 0.0606. The summed E-state index contributed by atoms with van der Waals surface area (Å²) in [6.45, 7) is 2.70. The number of hydrogen-bond donors (Lipinski definition) is 1. The van der Waals surface area contributed by atoms with Gasteiger partial charge in [0.2, 0.25) is 0 Å². The maximum absolute atomic E-state index is 13.7. The molecule has 7 heteroatoms. The van der Waals surface area contributed by atoms with Gasteiger partial charge in [-0.25, -0.2) is 0 Å². The molecule has 1 aliphatic carbocycles. The van der Waals surface area contributed by atoms with Gasteiger partial charge in [-0.3, -0.25) is 9.89 Å². The fourth-order valence-electron chi connectivity index (χ4n) is 5.24. The fraction of sp³-hybridized carbons (Fsp3) is 0.407. The van der Waals surface area contributed by atoms with Crippen molar-refractivity contribution in [3.8, 4) is 22.8 Å². The van der Waals surface area contributed by atoms with Crippen LogP contribution in [0.25, 0.3) is 11.3 Å². The van der Waals surface area contributed by atoms with Gasteiger partial charge in [-0.05, 0) is 49.1 Å². The Morgan fingerprint density at radius 1 is 1.09 bits per heavy atom. The zero-order valence-corrected chi connectivity index (χ0v) is 20.4. The van der Waals surface area contributed by atoms with Crippen molar-refractivity contribution in [1.29, 1.82) is 0 Å². The first-order valence-corrected chi connectivity index (χ1v) is 12.5. The number of H-pyrrole nitrogens is 1. The first kappa shape index (κ1) is 22.8. The van der Waals surface area contributed by atoms with Crippen LogP contribution in [0, 0.1) is 0 Å². The van der Waals surface area contributed by atoms with Crippen molar-refractivity contribution >= 4 is 17.5 Å². The first-order chi connectivity index (χ1) is 16.6. The second-order valence-electron chi connectivity index (χ2n) is 9.03. The molecule has 3 aromatic rings. The first-order valence-electron chi connectivity index (χ1n) is 12.1. The number of halogens is 1. The Kier molecular flexibility index (Phi) is 6.50. The van der Waals surface area contributed by atoms with E-state index in [4.69, 9.17) is 21.1 Å². The average Bonchev–Trinajstić information content (AvgIpc) is 3.42. The quantitative estimate of drug-likeness (QED) is 0.425. The topological polar surface area (TPSA) is 67.5 Å². The van der Waals surface area contributed by atoms with E-state index in [1.165, 1.54) is 6.42 Å². The minimum atomic E-state index is -0.246. The fourth-order valence-corrected chi connectivity index (χ4v) is 5.37. The van der Waals surface area contributed by atoms with E-state index in [9.17, 15) is 4.79 Å². The van der Waals surface area contributed by atoms with Crippen molar-refractivity contribution in [2.75, 3.05) is 13.7 Å². The Balaban J connectivity index is 1.63. The van der Waals surface area contributed by atoms with Crippen molar-refractivity contribution in [3.05, 3.63) is 64.3 Å². The summed E-state index contributed by atoms with van der Waals surface area (Å²) in [5.74, 6) is 1.41. The molecule has 1 fully saturated rings. The number of aromatic nitrogens is 2. The van der Waals surface area contributed by atoms with Crippen molar-refractivity contribution in [1.82, 2.24) is 15.1 Å². The summed E-state index contributed by atoms with van der Waals surface area (Å²) in [5, 5.41) is 8.29. The van der Waals surface area contributed by atoms with E-state index in [2.05, 4.69) is 28.1 Å². The molecule has 1 unspecified atom stereocenters. The number of ether oxygens (including phenoxy) is 2. The van der Waals surface area contributed by atoms with Gasteiger partial charge in [0, 0.05) is 22.2 Å². The molecule has 2 aromatic carbocycles. The summed E-state index contributed by atoms with van der Waals surface area (Å²) in [6, 6.07) is 13.6. The van der Waals surface area contributed by atoms with Gasteiger partial charge in [0.1, 0.15) is 5.69 Å². The molecule has 0 bridgehead atoms. The van der Waals surface area contributed by atoms with Gasteiger partial charge >= 0.3 is 0 Å². The van der Waals surface area contributed by atoms with E-state index in [0.29, 0.717) is 28.8 Å². The lowest BCUT2D eigenvalue weighted by Crippen LogP contribution is -2.40. The van der Waals surface area contributed by atoms with Crippen molar-refractivity contribution in [2.45, 2.75) is 57.5 Å². The van der Waals surface area contributed by atoms with Crippen LogP contribution in [0.15, 0.2) is 42.5 Å². The molecule has 1 N–H and O–H groups in total. The smallest absolute Gasteiger partial charge is 0.273 e. The highest BCUT2D eigenvalue weighted by Gasteiger charge is 2.45. The summed E-state index contributed by atoms with van der Waals surface area (Å²) in [5.41, 5.74) is 4.21. The van der Waals surface area contributed by atoms with Gasteiger partial charge in [-0.15, -0.1) is 0 Å². The van der Waals surface area contributed by atoms with E-state index in [1.807, 2.05) is 36.4 Å². The molecular formula is C27H30ClN3O3. The Morgan fingerprint density at radius 2 is 1.85 bits per heavy atom. The molecule has 1 aromatic heterocycles. The Labute approximate surface area is 205 Å². The van der Waals surface area contributed by atoms with Crippen LogP contribution in [-0.4, -0.2) is 40.8 Å². The second-order valence-corrected chi connectivity index (χ2v) is 9.47. The van der Waals surface area contributed by atoms with Gasteiger partial charge in [0.25, 0.3) is 5.91 Å². The zero-order chi connectivity index (χ0) is 23.7. The van der Waals surface area contributed by atoms with E-state index in [0.717, 1.165) is 54.5 Å². The van der Waals surface area contributed by atoms with Gasteiger partial charge in [-0.2, -0.15) is 5.10 Å². The van der Waals surface area contributed by atoms with Gasteiger partial charge in [0.15, 0.2) is 11.5 Å². The number of methoxy groups -OCH3 is 1. The number of amides is 1. The van der Waals surface area contributed by atoms with Crippen LogP contribution in [0.3, 0.4) is 0 Å². The van der Waals surface area contributed by atoms with Gasteiger partial charge < -0.3 is 14.4 Å². The van der Waals surface area contributed by atoms with Gasteiger partial charge in [0.05, 0.1) is 25.5 Å². The largest absolute Gasteiger partial charge is 0.493 e. The summed E-state index contributed by atoms with van der Waals surface area (Å²) in [7, 11) is 1.65. The third-order valence-electron chi connectivity index (χ3n) is 6.85. The van der Waals surface area contributed by atoms with Crippen LogP contribution >= 0.6 is 11.6 Å². The maximum atomic E-state index is 13.7. The van der Waals surface area contributed by atoms with Crippen LogP contribution in [0.5, 0.6) is 11.5 Å². The highest BCUT2D eigenvalue weighted by atomic mass is 35.5. The lowest BCUT2D eigenvalue weighted by Gasteiger charge is -2.36. The third-order valence-corrected chi connectivity index (χ3v) is 7.11. The Hall–Kier alpha value is -2.99. The van der Waals surface area contributed by atoms with Crippen molar-refractivity contribution < 1.29 is 14.3 Å². The number of benzene rings is 2. The predicted octanol–water partition coefficient (Wildman–Crippen LogP) is 6.41. The zero-order valence-electron chi connectivity index (χ0n) is 19.6. The molecule has 0 spiro atoms. The van der Waals surface area contributed by atoms with Crippen LogP contribution < -0.4 is 9.47 Å². The standard InChI is InChI=1S/C27H30ClN3O3/c1-3-15-34-21-14-11-18(16-22(21)33-2)26-23-24(17-9-12-19(28)13-10-17)29-30-25(23)27(32)31(26)20-7-5-4-6-8-20/h9-14,16,20,26H,3-8,15H2,1-2H3,(H,29,30). The van der Waals surface area contributed by atoms with Crippen LogP contribution in [0.1, 0.15) is 73.1 Å². The molecule has 1 amide bonds. The third kappa shape index (κ3) is 4.05. The van der Waals surface area contributed by atoms with Crippen LogP contribution in [0.2, 0.25) is 5.02 Å². The minimum absolute atomic E-state index is 0.0184. The number of fused-ring (bicyclic) bond motifs is 1. The molecule has 178 valence electrons. The average molecular weight is 480 g/mol. The van der Waals surface area contributed by atoms with E-state index in [-0.39, 0.29) is 18.0 Å². The molecule has 6 nitrogen and oxygen atoms in total. The van der Waals surface area contributed by atoms with Crippen molar-refractivity contribution in [3.63, 3.8) is 0 Å². The highest BCUT2D eigenvalue weighted by Crippen LogP contribution is 2.47. The minimum Gasteiger partial charge on any atom is -0.493 e. The number of nitrogens with one attached hydrogen (secondary N) is 1. The number of rotatable bonds is 7. The van der Waals surface area contributed by atoms with Crippen LogP contribution in [0.4, 0.5) is 0 Å². The van der Waals surface area contributed by atoms with Crippen molar-refractivity contribution in [2.24, 2.45) is 0 Å². The normalized spacial score (nSPS) is 18.3. The molecular weight excluding hydrogens is 450 g/mol. The Morgan fingerprint density at radius 3 is 2.56 bits per heavy atom. The molecule has 0 saturated heterocycles. The lowest BCUT2D eigenvalue weighted by atomic mass is 9.91. The highest BCUT2D eigenvalue weighted by molar-refractivity contribution is 6.30. The summed E-state index contributed by atoms with van der Waals surface area (Å²) in [4.78, 5) is 15.8. The summed E-state index contributed by atoms with van der Waals surface area (Å²) < 4.78 is 11.6. The Bertz CT molecular complexity index is 1170. The number of aromatic amines is 1. The molecule has 2 aliphatic rings. The molecule has 1 aliphatic heterocycles. The molecule has 1 saturated carbocycles. The monoisotopic (exact) mass is 479 g/mol. The van der Waals surface area contributed by atoms with E-state index < -0.39 is 0 Å². The predicted molar refractivity (Wildman–Crippen MR) is 133 cm³/mol. The summed E-state index contributed by atoms with van der Waals surface area (Å²) in [6.07, 6.45) is 6.47. The number of hydrogen-bond acceptors (Lipinski definition) is 4. The second kappa shape index (κ2) is 9.71. The maximum Gasteiger partial charge on any atom is 0.273 e. The summed E-state index contributed by atoms with van der Waals surface area (Å²) >= 11 is 6.13. The molecule has 34 heavy (non-hydrogen) atoms. The van der Waals surface area contributed by atoms with Gasteiger partial charge in [-0.1, -0.05) is 56.0 Å². The number of carbonyl (C=O) groups is 1.